The number of nitrogens with zero attached hydrogens (tertiary/aromatic N) is 2. The Labute approximate surface area is 166 Å². The second-order valence-corrected chi connectivity index (χ2v) is 8.42. The van der Waals surface area contributed by atoms with Gasteiger partial charge in [0.2, 0.25) is 5.91 Å². The molecule has 0 bridgehead atoms. The van der Waals surface area contributed by atoms with Crippen LogP contribution >= 0.6 is 15.9 Å². The predicted octanol–water partition coefficient (Wildman–Crippen LogP) is 2.52. The van der Waals surface area contributed by atoms with E-state index >= 15 is 0 Å². The topological polar surface area (TPSA) is 97.8 Å². The maximum absolute atomic E-state index is 12.6. The van der Waals surface area contributed by atoms with Gasteiger partial charge in [-0.1, -0.05) is 6.07 Å². The van der Waals surface area contributed by atoms with Crippen LogP contribution in [0.3, 0.4) is 0 Å². The average molecular weight is 442 g/mol. The number of ketones is 1. The number of halogens is 1. The molecule has 0 radical (unpaired) electrons. The Morgan fingerprint density at radius 1 is 1.37 bits per heavy atom. The summed E-state index contributed by atoms with van der Waals surface area (Å²) in [5.74, 6) is -0.832. The van der Waals surface area contributed by atoms with Gasteiger partial charge in [0.1, 0.15) is 27.7 Å². The minimum Gasteiger partial charge on any atom is -0.444 e. The number of amides is 2. The van der Waals surface area contributed by atoms with Crippen molar-refractivity contribution in [2.75, 3.05) is 13.2 Å². The molecule has 27 heavy (non-hydrogen) atoms. The van der Waals surface area contributed by atoms with Crippen LogP contribution < -0.4 is 5.32 Å². The summed E-state index contributed by atoms with van der Waals surface area (Å²) >= 11 is 3.20. The van der Waals surface area contributed by atoms with Crippen LogP contribution in [0.5, 0.6) is 0 Å². The van der Waals surface area contributed by atoms with Crippen LogP contribution in [-0.4, -0.2) is 58.2 Å². The summed E-state index contributed by atoms with van der Waals surface area (Å²) < 4.78 is 11.5. The van der Waals surface area contributed by atoms with Crippen LogP contribution in [0.4, 0.5) is 4.79 Å². The smallest absolute Gasteiger partial charge is 0.413 e. The Balaban J connectivity index is 2.05. The summed E-state index contributed by atoms with van der Waals surface area (Å²) in [5.41, 5.74) is -1.48. The first-order chi connectivity index (χ1) is 12.4. The zero-order valence-corrected chi connectivity index (χ0v) is 17.6. The lowest BCUT2D eigenvalue weighted by atomic mass is 10.2. The van der Waals surface area contributed by atoms with Gasteiger partial charge in [-0.2, -0.15) is 0 Å². The molecule has 0 saturated carbocycles. The third kappa shape index (κ3) is 5.49. The summed E-state index contributed by atoms with van der Waals surface area (Å²) in [6.45, 7) is 8.37. The van der Waals surface area contributed by atoms with E-state index in [-0.39, 0.29) is 24.6 Å². The zero-order valence-electron chi connectivity index (χ0n) is 16.0. The molecule has 0 aliphatic carbocycles. The lowest BCUT2D eigenvalue weighted by Gasteiger charge is -2.34. The van der Waals surface area contributed by atoms with Gasteiger partial charge in [-0.3, -0.25) is 14.5 Å². The third-order valence-electron chi connectivity index (χ3n) is 3.80. The Kier molecular flexibility index (Phi) is 6.26. The van der Waals surface area contributed by atoms with Gasteiger partial charge in [-0.05, 0) is 62.7 Å². The number of nitrogens with one attached hydrogen (secondary N) is 1. The molecule has 1 saturated heterocycles. The standard InChI is InChI=1S/C18H24BrN3O5/c1-17(2,3)27-16(25)22-12(10-26-18(22,4)5)15(24)20-9-13(23)11-7-6-8-14(19)21-11/h6-8,12H,9-10H2,1-5H3,(H,20,24). The highest BCUT2D eigenvalue weighted by molar-refractivity contribution is 9.10. The van der Waals surface area contributed by atoms with Gasteiger partial charge in [0.05, 0.1) is 13.2 Å². The number of aromatic nitrogens is 1. The maximum atomic E-state index is 12.6. The second-order valence-electron chi connectivity index (χ2n) is 7.61. The fourth-order valence-corrected chi connectivity index (χ4v) is 2.94. The van der Waals surface area contributed by atoms with Crippen molar-refractivity contribution in [1.82, 2.24) is 15.2 Å². The lowest BCUT2D eigenvalue weighted by molar-refractivity contribution is -0.126. The van der Waals surface area contributed by atoms with Crippen molar-refractivity contribution in [1.29, 1.82) is 0 Å². The van der Waals surface area contributed by atoms with Crippen LogP contribution in [0.1, 0.15) is 45.1 Å². The molecule has 1 aromatic heterocycles. The number of hydrogen-bond donors (Lipinski definition) is 1. The molecule has 8 nitrogen and oxygen atoms in total. The van der Waals surface area contributed by atoms with Crippen LogP contribution in [0.25, 0.3) is 0 Å². The molecule has 9 heteroatoms. The first-order valence-corrected chi connectivity index (χ1v) is 9.30. The van der Waals surface area contributed by atoms with E-state index in [2.05, 4.69) is 26.2 Å². The normalized spacial score (nSPS) is 18.9. The Morgan fingerprint density at radius 3 is 2.63 bits per heavy atom. The van der Waals surface area contributed by atoms with Crippen molar-refractivity contribution in [3.8, 4) is 0 Å². The summed E-state index contributed by atoms with van der Waals surface area (Å²) in [6, 6.07) is 4.06. The summed E-state index contributed by atoms with van der Waals surface area (Å²) in [4.78, 5) is 42.7. The lowest BCUT2D eigenvalue weighted by Crippen LogP contribution is -2.55. The molecule has 0 aromatic carbocycles. The number of pyridine rings is 1. The Hall–Kier alpha value is -2.00. The fraction of sp³-hybridized carbons (Fsp3) is 0.556. The number of carbonyl (C=O) groups excluding carboxylic acids is 3. The van der Waals surface area contributed by atoms with Crippen LogP contribution in [0.15, 0.2) is 22.8 Å². The maximum Gasteiger partial charge on any atom is 0.413 e. The van der Waals surface area contributed by atoms with E-state index in [4.69, 9.17) is 9.47 Å². The number of carbonyl (C=O) groups is 3. The van der Waals surface area contributed by atoms with Gasteiger partial charge < -0.3 is 14.8 Å². The quantitative estimate of drug-likeness (QED) is 0.569. The van der Waals surface area contributed by atoms with Crippen molar-refractivity contribution in [2.24, 2.45) is 0 Å². The number of rotatable bonds is 4. The molecule has 1 unspecified atom stereocenters. The first kappa shape index (κ1) is 21.3. The first-order valence-electron chi connectivity index (χ1n) is 8.50. The van der Waals surface area contributed by atoms with Gasteiger partial charge in [0.15, 0.2) is 5.78 Å². The molecule has 2 heterocycles. The Bertz CT molecular complexity index is 745. The van der Waals surface area contributed by atoms with Gasteiger partial charge in [0, 0.05) is 0 Å². The van der Waals surface area contributed by atoms with E-state index in [1.807, 2.05) is 0 Å². The summed E-state index contributed by atoms with van der Waals surface area (Å²) in [7, 11) is 0. The molecule has 1 aliphatic heterocycles. The van der Waals surface area contributed by atoms with Gasteiger partial charge in [-0.15, -0.1) is 0 Å². The molecule has 1 atom stereocenters. The largest absolute Gasteiger partial charge is 0.444 e. The van der Waals surface area contributed by atoms with E-state index in [9.17, 15) is 14.4 Å². The minimum absolute atomic E-state index is 0.0153. The Morgan fingerprint density at radius 2 is 2.04 bits per heavy atom. The molecule has 2 rings (SSSR count). The second kappa shape index (κ2) is 7.93. The third-order valence-corrected chi connectivity index (χ3v) is 4.24. The SMILES string of the molecule is CC(C)(C)OC(=O)N1C(C(=O)NCC(=O)c2cccc(Br)n2)COC1(C)C. The van der Waals surface area contributed by atoms with Crippen LogP contribution in [0.2, 0.25) is 0 Å². The van der Waals surface area contributed by atoms with E-state index in [0.29, 0.717) is 4.60 Å². The summed E-state index contributed by atoms with van der Waals surface area (Å²) in [6.07, 6.45) is -0.648. The molecule has 148 valence electrons. The van der Waals surface area contributed by atoms with Gasteiger partial charge in [0.25, 0.3) is 0 Å². The molecule has 1 fully saturated rings. The van der Waals surface area contributed by atoms with E-state index in [0.717, 1.165) is 0 Å². The van der Waals surface area contributed by atoms with Crippen LogP contribution in [-0.2, 0) is 14.3 Å². The molecule has 0 spiro atoms. The highest BCUT2D eigenvalue weighted by Gasteiger charge is 2.48. The molecular weight excluding hydrogens is 418 g/mol. The number of ether oxygens (including phenoxy) is 2. The average Bonchev–Trinajstić information content (AvgIpc) is 2.86. The molecule has 1 aliphatic rings. The number of hydrogen-bond acceptors (Lipinski definition) is 6. The number of Topliss-reactive ketones (excluding diaryl/α,β-unsaturated/α-hetero) is 1. The van der Waals surface area contributed by atoms with Crippen molar-refractivity contribution in [2.45, 2.75) is 52.0 Å². The molecular formula is C18H24BrN3O5. The zero-order chi connectivity index (χ0) is 20.4. The van der Waals surface area contributed by atoms with Gasteiger partial charge in [-0.25, -0.2) is 9.78 Å². The van der Waals surface area contributed by atoms with Crippen molar-refractivity contribution in [3.63, 3.8) is 0 Å². The minimum atomic E-state index is -1.000. The van der Waals surface area contributed by atoms with Crippen LogP contribution in [0, 0.1) is 0 Å². The van der Waals surface area contributed by atoms with E-state index in [1.54, 1.807) is 52.8 Å². The van der Waals surface area contributed by atoms with Crippen molar-refractivity contribution < 1.29 is 23.9 Å². The predicted molar refractivity (Wildman–Crippen MR) is 101 cm³/mol. The molecule has 1 aromatic rings. The molecule has 2 amide bonds. The highest BCUT2D eigenvalue weighted by Crippen LogP contribution is 2.29. The van der Waals surface area contributed by atoms with Crippen molar-refractivity contribution in [3.05, 3.63) is 28.5 Å². The molecule has 1 N–H and O–H groups in total. The van der Waals surface area contributed by atoms with Gasteiger partial charge >= 0.3 is 6.09 Å². The summed E-state index contributed by atoms with van der Waals surface area (Å²) in [5, 5.41) is 2.55. The highest BCUT2D eigenvalue weighted by atomic mass is 79.9. The van der Waals surface area contributed by atoms with E-state index < -0.39 is 29.4 Å². The van der Waals surface area contributed by atoms with E-state index in [1.165, 1.54) is 4.90 Å². The fourth-order valence-electron chi connectivity index (χ4n) is 2.59. The van der Waals surface area contributed by atoms with Crippen molar-refractivity contribution >= 4 is 33.7 Å². The monoisotopic (exact) mass is 441 g/mol.